The molecule has 1 saturated heterocycles. The minimum Gasteiger partial charge on any atom is -0.457 e. The van der Waals surface area contributed by atoms with Crippen LogP contribution in [0.25, 0.3) is 0 Å². The van der Waals surface area contributed by atoms with Crippen molar-refractivity contribution in [1.82, 2.24) is 0 Å². The number of ether oxygens (including phenoxy) is 4. The minimum absolute atomic E-state index is 0.109. The van der Waals surface area contributed by atoms with Crippen molar-refractivity contribution < 1.29 is 44.2 Å². The van der Waals surface area contributed by atoms with Crippen LogP contribution in [0.3, 0.4) is 0 Å². The Labute approximate surface area is 290 Å². The van der Waals surface area contributed by atoms with E-state index < -0.39 is 49.4 Å². The maximum absolute atomic E-state index is 12.6. The molecular formula is C39H66O9. The molecule has 9 nitrogen and oxygen atoms in total. The largest absolute Gasteiger partial charge is 0.457 e. The SMILES string of the molecule is CC/C=C\C/C=C\C/C=C\C/C=C\CCC(=O)OC(COCCCCCCCC/C=C\CCCC)COC1OC(CO)C(O)C(O)C1O. The summed E-state index contributed by atoms with van der Waals surface area (Å²) in [5, 5.41) is 39.9. The normalized spacial score (nSPS) is 22.7. The van der Waals surface area contributed by atoms with Gasteiger partial charge in [-0.15, -0.1) is 0 Å². The average molecular weight is 679 g/mol. The Bertz CT molecular complexity index is 911. The van der Waals surface area contributed by atoms with Crippen LogP contribution in [0.15, 0.2) is 60.8 Å². The van der Waals surface area contributed by atoms with E-state index in [1.54, 1.807) is 0 Å². The lowest BCUT2D eigenvalue weighted by Crippen LogP contribution is -2.59. The van der Waals surface area contributed by atoms with Crippen LogP contribution in [0.4, 0.5) is 0 Å². The molecule has 1 fully saturated rings. The first-order chi connectivity index (χ1) is 23.4. The summed E-state index contributed by atoms with van der Waals surface area (Å²) in [5.74, 6) is -0.399. The molecule has 6 unspecified atom stereocenters. The van der Waals surface area contributed by atoms with Crippen LogP contribution in [-0.2, 0) is 23.7 Å². The first kappa shape index (κ1) is 43.9. The number of hydrogen-bond acceptors (Lipinski definition) is 9. The topological polar surface area (TPSA) is 135 Å². The van der Waals surface area contributed by atoms with E-state index in [9.17, 15) is 25.2 Å². The number of carbonyl (C=O) groups is 1. The first-order valence-corrected chi connectivity index (χ1v) is 18.4. The molecule has 1 aliphatic heterocycles. The molecular weight excluding hydrogens is 612 g/mol. The summed E-state index contributed by atoms with van der Waals surface area (Å²) in [5.41, 5.74) is 0. The van der Waals surface area contributed by atoms with Gasteiger partial charge in [-0.3, -0.25) is 4.79 Å². The van der Waals surface area contributed by atoms with Gasteiger partial charge in [0.15, 0.2) is 6.29 Å². The Balaban J connectivity index is 2.42. The molecule has 0 aromatic carbocycles. The molecule has 1 aliphatic rings. The van der Waals surface area contributed by atoms with Gasteiger partial charge in [0, 0.05) is 13.0 Å². The molecule has 48 heavy (non-hydrogen) atoms. The Morgan fingerprint density at radius 1 is 0.688 bits per heavy atom. The van der Waals surface area contributed by atoms with E-state index in [1.807, 2.05) is 12.2 Å². The van der Waals surface area contributed by atoms with Gasteiger partial charge in [-0.1, -0.05) is 113 Å². The van der Waals surface area contributed by atoms with Crippen molar-refractivity contribution in [2.75, 3.05) is 26.4 Å². The molecule has 6 atom stereocenters. The number of esters is 1. The van der Waals surface area contributed by atoms with Crippen LogP contribution in [0, 0.1) is 0 Å². The third-order valence-electron chi connectivity index (χ3n) is 7.93. The van der Waals surface area contributed by atoms with Crippen LogP contribution in [-0.4, -0.2) is 89.6 Å². The van der Waals surface area contributed by atoms with E-state index >= 15 is 0 Å². The fourth-order valence-electron chi connectivity index (χ4n) is 5.01. The van der Waals surface area contributed by atoms with Crippen LogP contribution >= 0.6 is 0 Å². The van der Waals surface area contributed by atoms with Crippen molar-refractivity contribution in [3.05, 3.63) is 60.8 Å². The third-order valence-corrected chi connectivity index (χ3v) is 7.93. The second kappa shape index (κ2) is 30.9. The van der Waals surface area contributed by atoms with Gasteiger partial charge >= 0.3 is 5.97 Å². The van der Waals surface area contributed by atoms with Gasteiger partial charge in [-0.25, -0.2) is 0 Å². The second-order valence-corrected chi connectivity index (χ2v) is 12.3. The van der Waals surface area contributed by atoms with Gasteiger partial charge in [-0.2, -0.15) is 0 Å². The molecule has 9 heteroatoms. The Kier molecular flexibility index (Phi) is 28.3. The number of unbranched alkanes of at least 4 members (excludes halogenated alkanes) is 8. The highest BCUT2D eigenvalue weighted by molar-refractivity contribution is 5.69. The third kappa shape index (κ3) is 22.5. The second-order valence-electron chi connectivity index (χ2n) is 12.3. The summed E-state index contributed by atoms with van der Waals surface area (Å²) in [7, 11) is 0. The number of allylic oxidation sites excluding steroid dienone is 10. The van der Waals surface area contributed by atoms with E-state index in [1.165, 1.54) is 38.5 Å². The number of aliphatic hydroxyl groups is 4. The monoisotopic (exact) mass is 678 g/mol. The van der Waals surface area contributed by atoms with Crippen LogP contribution in [0.1, 0.15) is 117 Å². The minimum atomic E-state index is -1.55. The van der Waals surface area contributed by atoms with E-state index in [0.717, 1.165) is 51.4 Å². The van der Waals surface area contributed by atoms with Crippen molar-refractivity contribution in [2.45, 2.75) is 153 Å². The zero-order valence-electron chi connectivity index (χ0n) is 29.7. The number of rotatable bonds is 29. The first-order valence-electron chi connectivity index (χ1n) is 18.4. The van der Waals surface area contributed by atoms with Crippen molar-refractivity contribution in [3.8, 4) is 0 Å². The van der Waals surface area contributed by atoms with E-state index in [2.05, 4.69) is 62.5 Å². The molecule has 0 bridgehead atoms. The van der Waals surface area contributed by atoms with E-state index in [0.29, 0.717) is 13.0 Å². The Morgan fingerprint density at radius 3 is 1.92 bits per heavy atom. The zero-order chi connectivity index (χ0) is 35.1. The van der Waals surface area contributed by atoms with Crippen molar-refractivity contribution >= 4 is 5.97 Å². The summed E-state index contributed by atoms with van der Waals surface area (Å²) >= 11 is 0. The molecule has 0 saturated carbocycles. The highest BCUT2D eigenvalue weighted by Gasteiger charge is 2.44. The number of aliphatic hydroxyl groups excluding tert-OH is 4. The summed E-state index contributed by atoms with van der Waals surface area (Å²) in [4.78, 5) is 12.6. The molecule has 1 rings (SSSR count). The highest BCUT2D eigenvalue weighted by Crippen LogP contribution is 2.22. The molecule has 276 valence electrons. The van der Waals surface area contributed by atoms with Crippen molar-refractivity contribution in [2.24, 2.45) is 0 Å². The molecule has 0 radical (unpaired) electrons. The molecule has 0 aliphatic carbocycles. The summed E-state index contributed by atoms with van der Waals surface area (Å²) in [6, 6.07) is 0. The number of carbonyl (C=O) groups excluding carboxylic acids is 1. The molecule has 0 amide bonds. The van der Waals surface area contributed by atoms with Crippen LogP contribution in [0.2, 0.25) is 0 Å². The fraction of sp³-hybridized carbons (Fsp3) is 0.718. The van der Waals surface area contributed by atoms with Gasteiger partial charge in [0.05, 0.1) is 19.8 Å². The van der Waals surface area contributed by atoms with Gasteiger partial charge in [0.2, 0.25) is 0 Å². The maximum atomic E-state index is 12.6. The summed E-state index contributed by atoms with van der Waals surface area (Å²) in [6.07, 6.45) is 29.8. The molecule has 1 heterocycles. The van der Waals surface area contributed by atoms with Gasteiger partial charge in [0.1, 0.15) is 30.5 Å². The van der Waals surface area contributed by atoms with Gasteiger partial charge < -0.3 is 39.4 Å². The van der Waals surface area contributed by atoms with Gasteiger partial charge in [-0.05, 0) is 57.8 Å². The Hall–Kier alpha value is -2.11. The van der Waals surface area contributed by atoms with E-state index in [-0.39, 0.29) is 19.6 Å². The summed E-state index contributed by atoms with van der Waals surface area (Å²) in [6.45, 7) is 4.27. The Morgan fingerprint density at radius 2 is 1.27 bits per heavy atom. The summed E-state index contributed by atoms with van der Waals surface area (Å²) < 4.78 is 22.6. The predicted molar refractivity (Wildman–Crippen MR) is 191 cm³/mol. The highest BCUT2D eigenvalue weighted by atomic mass is 16.7. The maximum Gasteiger partial charge on any atom is 0.306 e. The molecule has 0 aromatic rings. The quantitative estimate of drug-likeness (QED) is 0.0383. The van der Waals surface area contributed by atoms with Crippen molar-refractivity contribution in [3.63, 3.8) is 0 Å². The smallest absolute Gasteiger partial charge is 0.306 e. The van der Waals surface area contributed by atoms with Crippen molar-refractivity contribution in [1.29, 1.82) is 0 Å². The molecule has 0 spiro atoms. The van der Waals surface area contributed by atoms with Crippen LogP contribution in [0.5, 0.6) is 0 Å². The fourth-order valence-corrected chi connectivity index (χ4v) is 5.01. The lowest BCUT2D eigenvalue weighted by molar-refractivity contribution is -0.305. The van der Waals surface area contributed by atoms with Gasteiger partial charge in [0.25, 0.3) is 0 Å². The molecule has 0 aromatic heterocycles. The standard InChI is InChI=1S/C39H66O9/c1-3-5-7-9-11-13-15-17-18-20-22-24-26-28-35(41)47-33(32-46-39-38(44)37(43)36(42)34(30-40)48-39)31-45-29-27-25-23-21-19-16-14-12-10-8-6-4-2/h5,7,10-13,17-18,22,24,33-34,36-40,42-44H,3-4,6,8-9,14-16,19-21,23,25-32H2,1-2H3/b7-5-,12-10-,13-11-,18-17-,24-22-. The lowest BCUT2D eigenvalue weighted by atomic mass is 9.99. The lowest BCUT2D eigenvalue weighted by Gasteiger charge is -2.39. The molecule has 4 N–H and O–H groups in total. The average Bonchev–Trinajstić information content (AvgIpc) is 3.08. The number of hydrogen-bond donors (Lipinski definition) is 4. The zero-order valence-corrected chi connectivity index (χ0v) is 29.7. The predicted octanol–water partition coefficient (Wildman–Crippen LogP) is 6.79. The van der Waals surface area contributed by atoms with E-state index in [4.69, 9.17) is 18.9 Å². The van der Waals surface area contributed by atoms with Crippen LogP contribution < -0.4 is 0 Å².